The molecule has 1 amide bonds. The second-order valence-electron chi connectivity index (χ2n) is 5.48. The molecule has 6 nitrogen and oxygen atoms in total. The minimum Gasteiger partial charge on any atom is -0.324 e. The number of hydrogen-bond donors (Lipinski definition) is 3. The topological polar surface area (TPSA) is 82.7 Å². The van der Waals surface area contributed by atoms with Crippen LogP contribution in [0.4, 0.5) is 5.69 Å². The molecule has 3 N–H and O–H groups in total. The Morgan fingerprint density at radius 3 is 2.86 bits per heavy atom. The molecular formula is C15H19N5O. The summed E-state index contributed by atoms with van der Waals surface area (Å²) in [5.41, 5.74) is 1.56. The standard InChI is InChI=1S/C15H19N5O/c1-9-7-8-16-13(9)15(21)18-12-6-4-3-5-11(12)14-17-10(2)19-20-14/h3-6,9,13,16H,7-8H2,1-2H3,(H,18,21)(H,17,19,20). The van der Waals surface area contributed by atoms with Crippen molar-refractivity contribution in [1.82, 2.24) is 20.5 Å². The predicted molar refractivity (Wildman–Crippen MR) is 80.8 cm³/mol. The van der Waals surface area contributed by atoms with Crippen LogP contribution in [0.1, 0.15) is 19.2 Å². The first-order valence-electron chi connectivity index (χ1n) is 7.18. The number of H-pyrrole nitrogens is 1. The van der Waals surface area contributed by atoms with Gasteiger partial charge in [-0.1, -0.05) is 19.1 Å². The highest BCUT2D eigenvalue weighted by atomic mass is 16.2. The van der Waals surface area contributed by atoms with Crippen molar-refractivity contribution in [3.8, 4) is 11.4 Å². The van der Waals surface area contributed by atoms with Gasteiger partial charge < -0.3 is 10.6 Å². The van der Waals surface area contributed by atoms with Gasteiger partial charge in [0.05, 0.1) is 11.7 Å². The van der Waals surface area contributed by atoms with Crippen LogP contribution >= 0.6 is 0 Å². The van der Waals surface area contributed by atoms with Crippen molar-refractivity contribution < 1.29 is 4.79 Å². The molecule has 0 bridgehead atoms. The van der Waals surface area contributed by atoms with Crippen LogP contribution in [0.15, 0.2) is 24.3 Å². The molecule has 1 aromatic carbocycles. The number of amides is 1. The third kappa shape index (κ3) is 2.80. The van der Waals surface area contributed by atoms with Crippen molar-refractivity contribution in [2.24, 2.45) is 5.92 Å². The number of aromatic amines is 1. The van der Waals surface area contributed by atoms with Crippen molar-refractivity contribution in [3.63, 3.8) is 0 Å². The van der Waals surface area contributed by atoms with Gasteiger partial charge in [-0.3, -0.25) is 9.89 Å². The van der Waals surface area contributed by atoms with Gasteiger partial charge in [-0.15, -0.1) is 0 Å². The van der Waals surface area contributed by atoms with Gasteiger partial charge >= 0.3 is 0 Å². The Bertz CT molecular complexity index is 651. The van der Waals surface area contributed by atoms with Crippen LogP contribution in [0, 0.1) is 12.8 Å². The molecule has 3 rings (SSSR count). The molecule has 6 heteroatoms. The Kier molecular flexibility index (Phi) is 3.70. The first-order chi connectivity index (χ1) is 10.1. The molecule has 0 saturated carbocycles. The highest BCUT2D eigenvalue weighted by Gasteiger charge is 2.29. The molecule has 1 aliphatic heterocycles. The Balaban J connectivity index is 1.84. The lowest BCUT2D eigenvalue weighted by Crippen LogP contribution is -2.39. The van der Waals surface area contributed by atoms with Gasteiger partial charge in [0, 0.05) is 5.56 Å². The van der Waals surface area contributed by atoms with Crippen LogP contribution < -0.4 is 10.6 Å². The molecule has 0 aliphatic carbocycles. The van der Waals surface area contributed by atoms with Gasteiger partial charge in [0.25, 0.3) is 0 Å². The lowest BCUT2D eigenvalue weighted by atomic mass is 10.0. The summed E-state index contributed by atoms with van der Waals surface area (Å²) in [6, 6.07) is 7.45. The van der Waals surface area contributed by atoms with Crippen molar-refractivity contribution in [3.05, 3.63) is 30.1 Å². The van der Waals surface area contributed by atoms with E-state index in [9.17, 15) is 4.79 Å². The number of carbonyl (C=O) groups is 1. The van der Waals surface area contributed by atoms with Crippen LogP contribution in [0.3, 0.4) is 0 Å². The SMILES string of the molecule is Cc1nc(-c2ccccc2NC(=O)C2NCCC2C)n[nH]1. The molecular weight excluding hydrogens is 266 g/mol. The molecule has 1 aromatic heterocycles. The van der Waals surface area contributed by atoms with Gasteiger partial charge in [-0.2, -0.15) is 5.10 Å². The lowest BCUT2D eigenvalue weighted by molar-refractivity contribution is -0.118. The molecule has 0 radical (unpaired) electrons. The monoisotopic (exact) mass is 285 g/mol. The van der Waals surface area contributed by atoms with E-state index in [1.54, 1.807) is 0 Å². The fraction of sp³-hybridized carbons (Fsp3) is 0.400. The van der Waals surface area contributed by atoms with Crippen LogP contribution in [0.25, 0.3) is 11.4 Å². The van der Waals surface area contributed by atoms with Crippen LogP contribution in [0.2, 0.25) is 0 Å². The fourth-order valence-electron chi connectivity index (χ4n) is 2.65. The number of para-hydroxylation sites is 1. The van der Waals surface area contributed by atoms with E-state index >= 15 is 0 Å². The van der Waals surface area contributed by atoms with Gasteiger partial charge in [0.1, 0.15) is 5.82 Å². The number of carbonyl (C=O) groups excluding carboxylic acids is 1. The summed E-state index contributed by atoms with van der Waals surface area (Å²) in [5.74, 6) is 1.69. The van der Waals surface area contributed by atoms with Gasteiger partial charge in [0.2, 0.25) is 5.91 Å². The molecule has 2 aromatic rings. The molecule has 21 heavy (non-hydrogen) atoms. The third-order valence-electron chi connectivity index (χ3n) is 3.84. The number of benzene rings is 1. The smallest absolute Gasteiger partial charge is 0.241 e. The first-order valence-corrected chi connectivity index (χ1v) is 7.18. The molecule has 0 spiro atoms. The zero-order valence-electron chi connectivity index (χ0n) is 12.2. The second-order valence-corrected chi connectivity index (χ2v) is 5.48. The predicted octanol–water partition coefficient (Wildman–Crippen LogP) is 1.72. The lowest BCUT2D eigenvalue weighted by Gasteiger charge is -2.16. The van der Waals surface area contributed by atoms with Crippen molar-refractivity contribution in [2.45, 2.75) is 26.3 Å². The molecule has 2 atom stereocenters. The van der Waals surface area contributed by atoms with E-state index in [1.165, 1.54) is 0 Å². The van der Waals surface area contributed by atoms with E-state index < -0.39 is 0 Å². The Hall–Kier alpha value is -2.21. The van der Waals surface area contributed by atoms with Crippen LogP contribution in [-0.2, 0) is 4.79 Å². The number of aromatic nitrogens is 3. The molecule has 1 saturated heterocycles. The largest absolute Gasteiger partial charge is 0.324 e. The number of aryl methyl sites for hydroxylation is 1. The second kappa shape index (κ2) is 5.65. The summed E-state index contributed by atoms with van der Waals surface area (Å²) in [6.45, 7) is 4.83. The number of rotatable bonds is 3. The van der Waals surface area contributed by atoms with Gasteiger partial charge in [-0.05, 0) is 37.9 Å². The number of anilines is 1. The van der Waals surface area contributed by atoms with E-state index in [0.717, 1.165) is 30.0 Å². The summed E-state index contributed by atoms with van der Waals surface area (Å²) >= 11 is 0. The summed E-state index contributed by atoms with van der Waals surface area (Å²) in [6.07, 6.45) is 1.03. The molecule has 110 valence electrons. The zero-order valence-corrected chi connectivity index (χ0v) is 12.2. The number of nitrogens with zero attached hydrogens (tertiary/aromatic N) is 2. The number of nitrogens with one attached hydrogen (secondary N) is 3. The molecule has 2 heterocycles. The van der Waals surface area contributed by atoms with E-state index in [1.807, 2.05) is 31.2 Å². The van der Waals surface area contributed by atoms with Crippen LogP contribution in [-0.4, -0.2) is 33.7 Å². The van der Waals surface area contributed by atoms with Crippen LogP contribution in [0.5, 0.6) is 0 Å². The first kappa shape index (κ1) is 13.8. The summed E-state index contributed by atoms with van der Waals surface area (Å²) in [7, 11) is 0. The maximum Gasteiger partial charge on any atom is 0.241 e. The minimum absolute atomic E-state index is 0.000271. The zero-order chi connectivity index (χ0) is 14.8. The van der Waals surface area contributed by atoms with E-state index in [2.05, 4.69) is 32.7 Å². The third-order valence-corrected chi connectivity index (χ3v) is 3.84. The van der Waals surface area contributed by atoms with Crippen molar-refractivity contribution in [2.75, 3.05) is 11.9 Å². The Morgan fingerprint density at radius 1 is 1.38 bits per heavy atom. The average molecular weight is 285 g/mol. The summed E-state index contributed by atoms with van der Waals surface area (Å²) in [4.78, 5) is 16.7. The molecule has 1 aliphatic rings. The number of hydrogen-bond acceptors (Lipinski definition) is 4. The molecule has 1 fully saturated rings. The van der Waals surface area contributed by atoms with Gasteiger partial charge in [-0.25, -0.2) is 4.98 Å². The Labute approximate surface area is 123 Å². The normalized spacial score (nSPS) is 21.4. The van der Waals surface area contributed by atoms with Crippen molar-refractivity contribution >= 4 is 11.6 Å². The van der Waals surface area contributed by atoms with Gasteiger partial charge in [0.15, 0.2) is 5.82 Å². The Morgan fingerprint density at radius 2 is 2.19 bits per heavy atom. The fourth-order valence-corrected chi connectivity index (χ4v) is 2.65. The minimum atomic E-state index is -0.132. The highest BCUT2D eigenvalue weighted by Crippen LogP contribution is 2.26. The average Bonchev–Trinajstić information content (AvgIpc) is 3.08. The quantitative estimate of drug-likeness (QED) is 0.802. The van der Waals surface area contributed by atoms with E-state index in [0.29, 0.717) is 11.7 Å². The van der Waals surface area contributed by atoms with E-state index in [4.69, 9.17) is 0 Å². The maximum absolute atomic E-state index is 12.4. The van der Waals surface area contributed by atoms with Crippen molar-refractivity contribution in [1.29, 1.82) is 0 Å². The summed E-state index contributed by atoms with van der Waals surface area (Å²) in [5, 5.41) is 13.2. The molecule has 2 unspecified atom stereocenters. The maximum atomic E-state index is 12.4. The summed E-state index contributed by atoms with van der Waals surface area (Å²) < 4.78 is 0. The van der Waals surface area contributed by atoms with E-state index in [-0.39, 0.29) is 11.9 Å². The highest BCUT2D eigenvalue weighted by molar-refractivity contribution is 5.98.